The average Bonchev–Trinajstić information content (AvgIpc) is 3.06. The van der Waals surface area contributed by atoms with Crippen LogP contribution in [-0.4, -0.2) is 54.4 Å². The van der Waals surface area contributed by atoms with Gasteiger partial charge >= 0.3 is 6.03 Å². The van der Waals surface area contributed by atoms with Crippen molar-refractivity contribution in [2.75, 3.05) is 19.6 Å². The molecule has 2 aliphatic heterocycles. The van der Waals surface area contributed by atoms with E-state index < -0.39 is 0 Å². The summed E-state index contributed by atoms with van der Waals surface area (Å²) in [7, 11) is 0. The zero-order valence-electron chi connectivity index (χ0n) is 17.0. The van der Waals surface area contributed by atoms with Gasteiger partial charge in [-0.1, -0.05) is 38.5 Å². The zero-order valence-corrected chi connectivity index (χ0v) is 17.0. The van der Waals surface area contributed by atoms with E-state index in [9.17, 15) is 4.79 Å². The van der Waals surface area contributed by atoms with Crippen molar-refractivity contribution in [3.8, 4) is 0 Å². The Kier molecular flexibility index (Phi) is 6.59. The van der Waals surface area contributed by atoms with Crippen molar-refractivity contribution in [1.29, 1.82) is 0 Å². The molecule has 27 heavy (non-hydrogen) atoms. The average molecular weight is 378 g/mol. The fourth-order valence-electron chi connectivity index (χ4n) is 5.80. The Morgan fingerprint density at radius 2 is 1.44 bits per heavy atom. The number of nitrogens with zero attached hydrogens (tertiary/aromatic N) is 1. The number of hydrogen-bond donors (Lipinski definition) is 2. The molecule has 0 unspecified atom stereocenters. The van der Waals surface area contributed by atoms with Gasteiger partial charge in [-0.25, -0.2) is 4.79 Å². The third-order valence-electron chi connectivity index (χ3n) is 7.43. The van der Waals surface area contributed by atoms with Gasteiger partial charge in [0.1, 0.15) is 0 Å². The van der Waals surface area contributed by atoms with Crippen molar-refractivity contribution in [3.05, 3.63) is 0 Å². The molecule has 5 nitrogen and oxygen atoms in total. The van der Waals surface area contributed by atoms with Gasteiger partial charge in [0.15, 0.2) is 0 Å². The maximum atomic E-state index is 12.3. The van der Waals surface area contributed by atoms with E-state index in [4.69, 9.17) is 4.74 Å². The first kappa shape index (κ1) is 19.5. The van der Waals surface area contributed by atoms with Crippen LogP contribution in [0, 0.1) is 0 Å². The largest absolute Gasteiger partial charge is 0.370 e. The number of urea groups is 1. The van der Waals surface area contributed by atoms with Crippen LogP contribution in [0.15, 0.2) is 0 Å². The van der Waals surface area contributed by atoms with Crippen LogP contribution in [-0.2, 0) is 4.74 Å². The lowest BCUT2D eigenvalue weighted by molar-refractivity contribution is -0.0731. The molecule has 2 saturated heterocycles. The first-order chi connectivity index (χ1) is 13.2. The molecule has 0 radical (unpaired) electrons. The second-order valence-corrected chi connectivity index (χ2v) is 9.55. The van der Waals surface area contributed by atoms with E-state index in [2.05, 4.69) is 15.5 Å². The van der Waals surface area contributed by atoms with Crippen molar-refractivity contribution in [2.24, 2.45) is 0 Å². The number of piperidine rings is 1. The second-order valence-electron chi connectivity index (χ2n) is 9.55. The number of ether oxygens (including phenoxy) is 1. The quantitative estimate of drug-likeness (QED) is 0.779. The Balaban J connectivity index is 1.13. The number of likely N-dealkylation sites (tertiary alicyclic amines) is 1. The first-order valence-corrected chi connectivity index (χ1v) is 11.7. The summed E-state index contributed by atoms with van der Waals surface area (Å²) in [6.45, 7) is 3.26. The highest BCUT2D eigenvalue weighted by Gasteiger charge is 2.41. The molecule has 0 aromatic rings. The van der Waals surface area contributed by atoms with E-state index in [0.29, 0.717) is 18.2 Å². The van der Waals surface area contributed by atoms with Gasteiger partial charge < -0.3 is 20.3 Å². The van der Waals surface area contributed by atoms with Crippen LogP contribution in [0.1, 0.15) is 89.9 Å². The summed E-state index contributed by atoms with van der Waals surface area (Å²) in [6.07, 6.45) is 17.9. The SMILES string of the molecule is O=C(NC1CCCCC1)NC1CCN(C[C@H]2CCC3(CCCCC3)O2)CC1. The minimum absolute atomic E-state index is 0.0544. The molecule has 0 aromatic heterocycles. The summed E-state index contributed by atoms with van der Waals surface area (Å²) in [5.41, 5.74) is 0.236. The molecule has 2 heterocycles. The summed E-state index contributed by atoms with van der Waals surface area (Å²) < 4.78 is 6.55. The number of nitrogens with one attached hydrogen (secondary N) is 2. The van der Waals surface area contributed by atoms with E-state index >= 15 is 0 Å². The van der Waals surface area contributed by atoms with E-state index in [1.807, 2.05) is 0 Å². The predicted octanol–water partition coefficient (Wildman–Crippen LogP) is 3.96. The maximum Gasteiger partial charge on any atom is 0.315 e. The molecule has 4 rings (SSSR count). The fraction of sp³-hybridized carbons (Fsp3) is 0.955. The number of carbonyl (C=O) groups excluding carboxylic acids is 1. The van der Waals surface area contributed by atoms with E-state index in [1.165, 1.54) is 64.2 Å². The van der Waals surface area contributed by atoms with Crippen molar-refractivity contribution < 1.29 is 9.53 Å². The summed E-state index contributed by atoms with van der Waals surface area (Å²) in [5.74, 6) is 0. The Hall–Kier alpha value is -0.810. The van der Waals surface area contributed by atoms with Gasteiger partial charge in [-0.2, -0.15) is 0 Å². The Morgan fingerprint density at radius 3 is 2.15 bits per heavy atom. The molecule has 4 fully saturated rings. The summed E-state index contributed by atoms with van der Waals surface area (Å²) in [6, 6.07) is 0.781. The number of hydrogen-bond acceptors (Lipinski definition) is 3. The van der Waals surface area contributed by atoms with Crippen molar-refractivity contribution in [1.82, 2.24) is 15.5 Å². The number of rotatable bonds is 4. The van der Waals surface area contributed by atoms with Gasteiger partial charge in [-0.3, -0.25) is 0 Å². The van der Waals surface area contributed by atoms with Gasteiger partial charge in [0, 0.05) is 31.7 Å². The van der Waals surface area contributed by atoms with Crippen molar-refractivity contribution in [3.63, 3.8) is 0 Å². The minimum atomic E-state index is 0.0544. The maximum absolute atomic E-state index is 12.3. The minimum Gasteiger partial charge on any atom is -0.370 e. The Bertz CT molecular complexity index is 478. The molecule has 4 aliphatic rings. The van der Waals surface area contributed by atoms with Crippen LogP contribution < -0.4 is 10.6 Å². The van der Waals surface area contributed by atoms with Crippen LogP contribution in [0.2, 0.25) is 0 Å². The molecular formula is C22H39N3O2. The highest BCUT2D eigenvalue weighted by Crippen LogP contribution is 2.42. The topological polar surface area (TPSA) is 53.6 Å². The normalized spacial score (nSPS) is 30.4. The monoisotopic (exact) mass is 377 g/mol. The molecule has 0 bridgehead atoms. The lowest BCUT2D eigenvalue weighted by atomic mass is 9.83. The summed E-state index contributed by atoms with van der Waals surface area (Å²) in [5, 5.41) is 6.40. The van der Waals surface area contributed by atoms with Crippen LogP contribution in [0.5, 0.6) is 0 Å². The third-order valence-corrected chi connectivity index (χ3v) is 7.43. The molecule has 1 atom stereocenters. The Labute approximate surface area is 165 Å². The zero-order chi connectivity index (χ0) is 18.5. The van der Waals surface area contributed by atoms with Gasteiger partial charge in [-0.05, 0) is 51.4 Å². The van der Waals surface area contributed by atoms with Crippen LogP contribution in [0.3, 0.4) is 0 Å². The molecule has 5 heteroatoms. The molecule has 1 spiro atoms. The van der Waals surface area contributed by atoms with Crippen LogP contribution in [0.25, 0.3) is 0 Å². The molecule has 2 amide bonds. The van der Waals surface area contributed by atoms with Gasteiger partial charge in [-0.15, -0.1) is 0 Å². The summed E-state index contributed by atoms with van der Waals surface area (Å²) >= 11 is 0. The second kappa shape index (κ2) is 9.13. The molecule has 154 valence electrons. The first-order valence-electron chi connectivity index (χ1n) is 11.7. The third kappa shape index (κ3) is 5.38. The van der Waals surface area contributed by atoms with Crippen LogP contribution in [0.4, 0.5) is 4.79 Å². The molecule has 2 aliphatic carbocycles. The van der Waals surface area contributed by atoms with E-state index in [1.54, 1.807) is 0 Å². The van der Waals surface area contributed by atoms with Gasteiger partial charge in [0.2, 0.25) is 0 Å². The predicted molar refractivity (Wildman–Crippen MR) is 108 cm³/mol. The van der Waals surface area contributed by atoms with Crippen molar-refractivity contribution in [2.45, 2.75) is 114 Å². The van der Waals surface area contributed by atoms with Crippen molar-refractivity contribution >= 4 is 6.03 Å². The fourth-order valence-corrected chi connectivity index (χ4v) is 5.80. The molecule has 0 aromatic carbocycles. The number of amides is 2. The standard InChI is InChI=1S/C22H39N3O2/c26-21(23-18-7-3-1-4-8-18)24-19-10-15-25(16-11-19)17-20-9-14-22(27-20)12-5-2-6-13-22/h18-20H,1-17H2,(H2,23,24,26)/t20-/m1/s1. The lowest BCUT2D eigenvalue weighted by Crippen LogP contribution is -2.51. The van der Waals surface area contributed by atoms with Gasteiger partial charge in [0.05, 0.1) is 11.7 Å². The van der Waals surface area contributed by atoms with E-state index in [0.717, 1.165) is 45.3 Å². The molecular weight excluding hydrogens is 338 g/mol. The number of carbonyl (C=O) groups is 1. The van der Waals surface area contributed by atoms with E-state index in [-0.39, 0.29) is 11.6 Å². The summed E-state index contributed by atoms with van der Waals surface area (Å²) in [4.78, 5) is 14.8. The highest BCUT2D eigenvalue weighted by molar-refractivity contribution is 5.74. The van der Waals surface area contributed by atoms with Gasteiger partial charge in [0.25, 0.3) is 0 Å². The van der Waals surface area contributed by atoms with Crippen LogP contribution >= 0.6 is 0 Å². The highest BCUT2D eigenvalue weighted by atomic mass is 16.5. The Morgan fingerprint density at radius 1 is 0.815 bits per heavy atom. The smallest absolute Gasteiger partial charge is 0.315 e. The lowest BCUT2D eigenvalue weighted by Gasteiger charge is -2.36. The molecule has 2 saturated carbocycles. The molecule has 2 N–H and O–H groups in total.